The van der Waals surface area contributed by atoms with E-state index in [2.05, 4.69) is 66.3 Å². The molecule has 2 aromatic rings. The van der Waals surface area contributed by atoms with E-state index in [4.69, 9.17) is 0 Å². The summed E-state index contributed by atoms with van der Waals surface area (Å²) in [6.45, 7) is 11.3. The molecular formula is C26H44BrN3. The van der Waals surface area contributed by atoms with Crippen LogP contribution in [0.25, 0.3) is 10.9 Å². The zero-order valence-electron chi connectivity index (χ0n) is 19.6. The number of para-hydroxylation sites is 1. The van der Waals surface area contributed by atoms with Crippen LogP contribution in [0.4, 0.5) is 5.69 Å². The first-order chi connectivity index (χ1) is 14.2. The lowest BCUT2D eigenvalue weighted by Gasteiger charge is -2.23. The van der Waals surface area contributed by atoms with Gasteiger partial charge in [-0.2, -0.15) is 0 Å². The Bertz CT molecular complexity index is 675. The lowest BCUT2D eigenvalue weighted by atomic mass is 10.1. The Labute approximate surface area is 195 Å². The zero-order chi connectivity index (χ0) is 20.7. The van der Waals surface area contributed by atoms with Crippen molar-refractivity contribution >= 4 is 33.6 Å². The van der Waals surface area contributed by atoms with Crippen molar-refractivity contribution in [3.05, 3.63) is 36.0 Å². The Hall–Kier alpha value is -1.13. The highest BCUT2D eigenvalue weighted by molar-refractivity contribution is 8.93. The maximum atomic E-state index is 4.66. The lowest BCUT2D eigenvalue weighted by Crippen LogP contribution is -2.31. The van der Waals surface area contributed by atoms with E-state index in [0.29, 0.717) is 0 Å². The molecule has 0 saturated carbocycles. The molecule has 3 nitrogen and oxygen atoms in total. The normalized spacial score (nSPS) is 11.1. The largest absolute Gasteiger partial charge is 0.383 e. The van der Waals surface area contributed by atoms with Crippen LogP contribution in [0.3, 0.4) is 0 Å². The highest BCUT2D eigenvalue weighted by Gasteiger charge is 2.07. The quantitative estimate of drug-likeness (QED) is 0.250. The van der Waals surface area contributed by atoms with Gasteiger partial charge in [-0.15, -0.1) is 17.0 Å². The second kappa shape index (κ2) is 16.5. The summed E-state index contributed by atoms with van der Waals surface area (Å²) in [6.07, 6.45) is 13.6. The number of hydrogen-bond acceptors (Lipinski definition) is 3. The molecule has 30 heavy (non-hydrogen) atoms. The Morgan fingerprint density at radius 2 is 1.40 bits per heavy atom. The van der Waals surface area contributed by atoms with Gasteiger partial charge >= 0.3 is 0 Å². The van der Waals surface area contributed by atoms with E-state index in [1.807, 2.05) is 0 Å². The van der Waals surface area contributed by atoms with Crippen LogP contribution in [0.5, 0.6) is 0 Å². The molecule has 0 spiro atoms. The molecule has 170 valence electrons. The van der Waals surface area contributed by atoms with Crippen molar-refractivity contribution in [2.75, 3.05) is 31.5 Å². The predicted molar refractivity (Wildman–Crippen MR) is 139 cm³/mol. The summed E-state index contributed by atoms with van der Waals surface area (Å²) in [5.74, 6) is 0. The summed E-state index contributed by atoms with van der Waals surface area (Å²) in [5, 5.41) is 4.92. The van der Waals surface area contributed by atoms with Crippen LogP contribution in [0.2, 0.25) is 0 Å². The second-order valence-corrected chi connectivity index (χ2v) is 8.43. The minimum absolute atomic E-state index is 0. The highest BCUT2D eigenvalue weighted by Crippen LogP contribution is 2.22. The lowest BCUT2D eigenvalue weighted by molar-refractivity contribution is 0.269. The molecule has 1 aromatic heterocycles. The molecule has 0 fully saturated rings. The van der Waals surface area contributed by atoms with Gasteiger partial charge in [0.2, 0.25) is 0 Å². The van der Waals surface area contributed by atoms with Crippen LogP contribution in [0.1, 0.15) is 83.7 Å². The molecule has 1 N–H and O–H groups in total. The molecule has 1 aromatic carbocycles. The zero-order valence-corrected chi connectivity index (χ0v) is 21.3. The molecule has 4 heteroatoms. The van der Waals surface area contributed by atoms with Gasteiger partial charge in [-0.3, -0.25) is 4.98 Å². The number of anilines is 1. The maximum Gasteiger partial charge on any atom is 0.0725 e. The predicted octanol–water partition coefficient (Wildman–Crippen LogP) is 7.78. The van der Waals surface area contributed by atoms with E-state index in [-0.39, 0.29) is 17.0 Å². The van der Waals surface area contributed by atoms with Crippen LogP contribution in [0.15, 0.2) is 30.3 Å². The number of aryl methyl sites for hydroxylation is 1. The van der Waals surface area contributed by atoms with E-state index < -0.39 is 0 Å². The summed E-state index contributed by atoms with van der Waals surface area (Å²) in [7, 11) is 0. The van der Waals surface area contributed by atoms with Gasteiger partial charge in [0.05, 0.1) is 5.52 Å². The van der Waals surface area contributed by atoms with Crippen molar-refractivity contribution in [2.45, 2.75) is 85.0 Å². The van der Waals surface area contributed by atoms with Gasteiger partial charge < -0.3 is 10.2 Å². The highest BCUT2D eigenvalue weighted by atomic mass is 79.9. The number of hydrogen-bond donors (Lipinski definition) is 1. The monoisotopic (exact) mass is 477 g/mol. The molecule has 0 aliphatic carbocycles. The number of nitrogens with one attached hydrogen (secondary N) is 1. The molecule has 0 aliphatic rings. The molecule has 0 bridgehead atoms. The number of fused-ring (bicyclic) bond motifs is 1. The third kappa shape index (κ3) is 10.3. The molecular weight excluding hydrogens is 434 g/mol. The Morgan fingerprint density at radius 1 is 0.800 bits per heavy atom. The minimum Gasteiger partial charge on any atom is -0.383 e. The molecule has 0 atom stereocenters. The van der Waals surface area contributed by atoms with Gasteiger partial charge in [-0.1, -0.05) is 83.4 Å². The van der Waals surface area contributed by atoms with Crippen LogP contribution in [-0.2, 0) is 0 Å². The topological polar surface area (TPSA) is 28.2 Å². The van der Waals surface area contributed by atoms with Crippen molar-refractivity contribution in [3.63, 3.8) is 0 Å². The first kappa shape index (κ1) is 26.9. The number of nitrogens with zero attached hydrogens (tertiary/aromatic N) is 2. The molecule has 0 saturated heterocycles. The fourth-order valence-electron chi connectivity index (χ4n) is 4.02. The van der Waals surface area contributed by atoms with Gasteiger partial charge in [0, 0.05) is 29.9 Å². The fraction of sp³-hybridized carbons (Fsp3) is 0.654. The van der Waals surface area contributed by atoms with Gasteiger partial charge in [-0.25, -0.2) is 0 Å². The third-order valence-electron chi connectivity index (χ3n) is 5.74. The Kier molecular flexibility index (Phi) is 14.8. The first-order valence-electron chi connectivity index (χ1n) is 12.1. The number of halogens is 1. The maximum absolute atomic E-state index is 4.66. The van der Waals surface area contributed by atoms with E-state index in [9.17, 15) is 0 Å². The van der Waals surface area contributed by atoms with E-state index >= 15 is 0 Å². The Morgan fingerprint density at radius 3 is 2.03 bits per heavy atom. The number of benzene rings is 1. The molecule has 0 amide bonds. The summed E-state index contributed by atoms with van der Waals surface area (Å²) >= 11 is 0. The number of aromatic nitrogens is 1. The summed E-state index contributed by atoms with van der Waals surface area (Å²) < 4.78 is 0. The van der Waals surface area contributed by atoms with Crippen molar-refractivity contribution in [1.29, 1.82) is 0 Å². The van der Waals surface area contributed by atoms with Gasteiger partial charge in [0.15, 0.2) is 0 Å². The average molecular weight is 479 g/mol. The van der Waals surface area contributed by atoms with Crippen LogP contribution >= 0.6 is 17.0 Å². The molecule has 2 rings (SSSR count). The Balaban J connectivity index is 0.00000450. The molecule has 0 aliphatic heterocycles. The number of unbranched alkanes of at least 4 members (excludes halogenated alkanes) is 8. The van der Waals surface area contributed by atoms with Crippen LogP contribution in [-0.4, -0.2) is 36.1 Å². The average Bonchev–Trinajstić information content (AvgIpc) is 2.72. The van der Waals surface area contributed by atoms with Gasteiger partial charge in [0.25, 0.3) is 0 Å². The standard InChI is InChI=1S/C26H43N3.BrH/c1-4-6-8-10-14-19-29(20-15-11-9-7-5-2)21-18-27-26-22-23(3)28-25-17-13-12-16-24(25)26;/h12-13,16-17,22H,4-11,14-15,18-21H2,1-3H3,(H,27,28);1H. The summed E-state index contributed by atoms with van der Waals surface area (Å²) in [5.41, 5.74) is 3.38. The SMILES string of the molecule is Br.CCCCCCCN(CCCCCCC)CCNc1cc(C)nc2ccccc12. The smallest absolute Gasteiger partial charge is 0.0725 e. The molecule has 0 radical (unpaired) electrons. The van der Waals surface area contributed by atoms with Gasteiger partial charge in [0.1, 0.15) is 0 Å². The minimum atomic E-state index is 0. The molecule has 0 unspecified atom stereocenters. The van der Waals surface area contributed by atoms with Gasteiger partial charge in [-0.05, 0) is 45.0 Å². The number of pyridine rings is 1. The van der Waals surface area contributed by atoms with E-state index in [1.54, 1.807) is 0 Å². The third-order valence-corrected chi connectivity index (χ3v) is 5.74. The summed E-state index contributed by atoms with van der Waals surface area (Å²) in [4.78, 5) is 7.34. The van der Waals surface area contributed by atoms with Crippen molar-refractivity contribution in [2.24, 2.45) is 0 Å². The van der Waals surface area contributed by atoms with Crippen molar-refractivity contribution < 1.29 is 0 Å². The van der Waals surface area contributed by atoms with Crippen molar-refractivity contribution in [1.82, 2.24) is 9.88 Å². The molecule has 1 heterocycles. The summed E-state index contributed by atoms with van der Waals surface area (Å²) in [6, 6.07) is 10.6. The number of rotatable bonds is 16. The fourth-order valence-corrected chi connectivity index (χ4v) is 4.02. The van der Waals surface area contributed by atoms with Crippen LogP contribution < -0.4 is 5.32 Å². The van der Waals surface area contributed by atoms with Crippen molar-refractivity contribution in [3.8, 4) is 0 Å². The second-order valence-electron chi connectivity index (χ2n) is 8.43. The van der Waals surface area contributed by atoms with E-state index in [0.717, 1.165) is 24.3 Å². The van der Waals surface area contributed by atoms with E-state index in [1.165, 1.54) is 88.4 Å². The van der Waals surface area contributed by atoms with Crippen LogP contribution in [0, 0.1) is 6.92 Å². The first-order valence-corrected chi connectivity index (χ1v) is 12.1.